The minimum atomic E-state index is -0.711. The third-order valence-corrected chi connectivity index (χ3v) is 4.18. The molecule has 0 spiro atoms. The summed E-state index contributed by atoms with van der Waals surface area (Å²) in [6.07, 6.45) is 0.00295. The summed E-state index contributed by atoms with van der Waals surface area (Å²) >= 11 is 0. The number of nitriles is 1. The highest BCUT2D eigenvalue weighted by atomic mass is 16.5. The Kier molecular flexibility index (Phi) is 5.57. The van der Waals surface area contributed by atoms with Crippen LogP contribution in [-0.4, -0.2) is 30.2 Å². The Labute approximate surface area is 156 Å². The summed E-state index contributed by atoms with van der Waals surface area (Å²) in [6, 6.07) is 14.9. The van der Waals surface area contributed by atoms with Crippen molar-refractivity contribution in [2.24, 2.45) is 0 Å². The fraction of sp³-hybridized carbons (Fsp3) is 0.250. The molecule has 2 aromatic carbocycles. The van der Waals surface area contributed by atoms with Crippen LogP contribution in [0.5, 0.6) is 11.5 Å². The second-order valence-corrected chi connectivity index (χ2v) is 5.80. The zero-order chi connectivity index (χ0) is 19.2. The largest absolute Gasteiger partial charge is 0.494 e. The van der Waals surface area contributed by atoms with E-state index in [0.29, 0.717) is 28.2 Å². The Bertz CT molecular complexity index is 976. The van der Waals surface area contributed by atoms with E-state index in [0.717, 1.165) is 5.75 Å². The van der Waals surface area contributed by atoms with Crippen molar-refractivity contribution < 1.29 is 19.0 Å². The minimum absolute atomic E-state index is 0.00295. The highest BCUT2D eigenvalue weighted by molar-refractivity contribution is 5.90. The van der Waals surface area contributed by atoms with Crippen LogP contribution in [0.15, 0.2) is 42.5 Å². The van der Waals surface area contributed by atoms with Gasteiger partial charge in [0.1, 0.15) is 29.4 Å². The van der Waals surface area contributed by atoms with Crippen LogP contribution < -0.4 is 9.47 Å². The number of nitrogens with one attached hydrogen (secondary N) is 1. The molecule has 1 atom stereocenters. The summed E-state index contributed by atoms with van der Waals surface area (Å²) in [4.78, 5) is 19.9. The number of imidazole rings is 1. The average Bonchev–Trinajstić information content (AvgIpc) is 3.14. The van der Waals surface area contributed by atoms with Gasteiger partial charge in [-0.3, -0.25) is 4.79 Å². The normalized spacial score (nSPS) is 11.6. The van der Waals surface area contributed by atoms with Crippen LogP contribution in [0, 0.1) is 11.3 Å². The fourth-order valence-corrected chi connectivity index (χ4v) is 2.88. The predicted molar refractivity (Wildman–Crippen MR) is 98.4 cm³/mol. The van der Waals surface area contributed by atoms with E-state index in [1.54, 1.807) is 19.2 Å². The number of methoxy groups -OCH3 is 2. The highest BCUT2D eigenvalue weighted by Gasteiger charge is 2.26. The molecule has 3 rings (SSSR count). The third kappa shape index (κ3) is 3.85. The van der Waals surface area contributed by atoms with Gasteiger partial charge >= 0.3 is 5.97 Å². The van der Waals surface area contributed by atoms with Crippen molar-refractivity contribution in [3.05, 3.63) is 53.9 Å². The quantitative estimate of drug-likeness (QED) is 0.645. The SMILES string of the molecule is COC(=O)C(CC#N)c1ccc(OC)c2nc(COc3ccccc3)[nH]c12. The summed E-state index contributed by atoms with van der Waals surface area (Å²) in [7, 11) is 2.86. The standard InChI is InChI=1S/C20H19N3O4/c1-25-16-9-8-14(15(10-11-21)20(24)26-2)18-19(16)23-17(22-18)12-27-13-6-4-3-5-7-13/h3-9,15H,10,12H2,1-2H3,(H,22,23). The summed E-state index contributed by atoms with van der Waals surface area (Å²) in [5, 5.41) is 9.10. The maximum Gasteiger partial charge on any atom is 0.314 e. The molecule has 27 heavy (non-hydrogen) atoms. The Morgan fingerprint density at radius 1 is 1.22 bits per heavy atom. The summed E-state index contributed by atoms with van der Waals surface area (Å²) in [5.41, 5.74) is 1.85. The molecule has 0 aliphatic carbocycles. The number of ether oxygens (including phenoxy) is 3. The fourth-order valence-electron chi connectivity index (χ4n) is 2.88. The smallest absolute Gasteiger partial charge is 0.314 e. The molecule has 1 heterocycles. The first-order valence-electron chi connectivity index (χ1n) is 8.36. The molecule has 1 aromatic heterocycles. The van der Waals surface area contributed by atoms with Crippen LogP contribution in [0.1, 0.15) is 23.7 Å². The van der Waals surface area contributed by atoms with E-state index in [1.165, 1.54) is 7.11 Å². The van der Waals surface area contributed by atoms with Crippen molar-refractivity contribution in [2.45, 2.75) is 18.9 Å². The molecular formula is C20H19N3O4. The van der Waals surface area contributed by atoms with E-state index in [4.69, 9.17) is 19.5 Å². The Balaban J connectivity index is 1.99. The number of H-pyrrole nitrogens is 1. The Hall–Kier alpha value is -3.53. The second kappa shape index (κ2) is 8.23. The summed E-state index contributed by atoms with van der Waals surface area (Å²) < 4.78 is 16.0. The number of rotatable bonds is 7. The van der Waals surface area contributed by atoms with E-state index in [-0.39, 0.29) is 13.0 Å². The number of carbonyl (C=O) groups excluding carboxylic acids is 1. The van der Waals surface area contributed by atoms with Gasteiger partial charge in [0.15, 0.2) is 0 Å². The van der Waals surface area contributed by atoms with Gasteiger partial charge in [-0.2, -0.15) is 5.26 Å². The number of aromatic amines is 1. The van der Waals surface area contributed by atoms with Crippen LogP contribution in [0.2, 0.25) is 0 Å². The molecule has 1 unspecified atom stereocenters. The van der Waals surface area contributed by atoms with Gasteiger partial charge in [-0.25, -0.2) is 4.98 Å². The van der Waals surface area contributed by atoms with E-state index in [1.807, 2.05) is 36.4 Å². The number of hydrogen-bond acceptors (Lipinski definition) is 6. The van der Waals surface area contributed by atoms with Crippen molar-refractivity contribution in [1.29, 1.82) is 5.26 Å². The number of carbonyl (C=O) groups is 1. The van der Waals surface area contributed by atoms with Crippen molar-refractivity contribution in [3.63, 3.8) is 0 Å². The van der Waals surface area contributed by atoms with Crippen LogP contribution in [0.4, 0.5) is 0 Å². The summed E-state index contributed by atoms with van der Waals surface area (Å²) in [5.74, 6) is 0.690. The number of fused-ring (bicyclic) bond motifs is 1. The van der Waals surface area contributed by atoms with E-state index < -0.39 is 11.9 Å². The minimum Gasteiger partial charge on any atom is -0.494 e. The maximum absolute atomic E-state index is 12.2. The molecule has 0 fully saturated rings. The zero-order valence-electron chi connectivity index (χ0n) is 15.1. The topological polar surface area (TPSA) is 97.2 Å². The number of nitrogens with zero attached hydrogens (tertiary/aromatic N) is 2. The van der Waals surface area contributed by atoms with Gasteiger partial charge < -0.3 is 19.2 Å². The lowest BCUT2D eigenvalue weighted by Crippen LogP contribution is -2.14. The molecule has 1 N–H and O–H groups in total. The van der Waals surface area contributed by atoms with Gasteiger partial charge in [0.2, 0.25) is 0 Å². The van der Waals surface area contributed by atoms with Gasteiger partial charge in [-0.05, 0) is 23.8 Å². The lowest BCUT2D eigenvalue weighted by Gasteiger charge is -2.13. The van der Waals surface area contributed by atoms with Gasteiger partial charge in [-0.15, -0.1) is 0 Å². The molecule has 0 aliphatic heterocycles. The van der Waals surface area contributed by atoms with Crippen LogP contribution in [0.3, 0.4) is 0 Å². The lowest BCUT2D eigenvalue weighted by atomic mass is 9.95. The molecular weight excluding hydrogens is 346 g/mol. The Morgan fingerprint density at radius 3 is 2.67 bits per heavy atom. The van der Waals surface area contributed by atoms with E-state index in [2.05, 4.69) is 9.97 Å². The number of para-hydroxylation sites is 1. The molecule has 7 nitrogen and oxygen atoms in total. The third-order valence-electron chi connectivity index (χ3n) is 4.18. The van der Waals surface area contributed by atoms with Crippen molar-refractivity contribution in [1.82, 2.24) is 9.97 Å². The van der Waals surface area contributed by atoms with Crippen LogP contribution in [-0.2, 0) is 16.1 Å². The van der Waals surface area contributed by atoms with Gasteiger partial charge in [0, 0.05) is 0 Å². The van der Waals surface area contributed by atoms with Crippen molar-refractivity contribution in [2.75, 3.05) is 14.2 Å². The molecule has 3 aromatic rings. The molecule has 138 valence electrons. The van der Waals surface area contributed by atoms with E-state index >= 15 is 0 Å². The van der Waals surface area contributed by atoms with Crippen molar-refractivity contribution in [3.8, 4) is 17.6 Å². The number of aromatic nitrogens is 2. The maximum atomic E-state index is 12.2. The molecule has 0 amide bonds. The number of esters is 1. The average molecular weight is 365 g/mol. The van der Waals surface area contributed by atoms with Gasteiger partial charge in [-0.1, -0.05) is 24.3 Å². The first-order chi connectivity index (χ1) is 13.2. The molecule has 0 aliphatic rings. The number of hydrogen-bond donors (Lipinski definition) is 1. The second-order valence-electron chi connectivity index (χ2n) is 5.80. The predicted octanol–water partition coefficient (Wildman–Crippen LogP) is 3.32. The first-order valence-corrected chi connectivity index (χ1v) is 8.36. The monoisotopic (exact) mass is 365 g/mol. The highest BCUT2D eigenvalue weighted by Crippen LogP contribution is 2.33. The Morgan fingerprint density at radius 2 is 2.00 bits per heavy atom. The molecule has 0 saturated heterocycles. The number of benzene rings is 2. The van der Waals surface area contributed by atoms with Gasteiger partial charge in [0.25, 0.3) is 0 Å². The van der Waals surface area contributed by atoms with Crippen molar-refractivity contribution >= 4 is 17.0 Å². The zero-order valence-corrected chi connectivity index (χ0v) is 15.1. The molecule has 0 radical (unpaired) electrons. The molecule has 0 saturated carbocycles. The van der Waals surface area contributed by atoms with Crippen LogP contribution >= 0.6 is 0 Å². The summed E-state index contributed by atoms with van der Waals surface area (Å²) in [6.45, 7) is 0.225. The van der Waals surface area contributed by atoms with E-state index in [9.17, 15) is 4.79 Å². The van der Waals surface area contributed by atoms with Gasteiger partial charge in [0.05, 0.1) is 38.1 Å². The first kappa shape index (κ1) is 18.3. The lowest BCUT2D eigenvalue weighted by molar-refractivity contribution is -0.142. The van der Waals surface area contributed by atoms with Crippen LogP contribution in [0.25, 0.3) is 11.0 Å². The molecule has 0 bridgehead atoms. The molecule has 7 heteroatoms.